The number of para-hydroxylation sites is 8. The third-order valence-corrected chi connectivity index (χ3v) is 24.7. The molecule has 25 rings (SSSR count). The average molecular weight is 1500 g/mol. The van der Waals surface area contributed by atoms with E-state index in [1.54, 1.807) is 0 Å². The van der Waals surface area contributed by atoms with E-state index in [4.69, 9.17) is 22.7 Å². The maximum atomic E-state index is 7.11. The zero-order chi connectivity index (χ0) is 76.9. The smallest absolute Gasteiger partial charge is 0.143 e. The Bertz CT molecular complexity index is 7510. The first-order valence-electron chi connectivity index (χ1n) is 39.9. The van der Waals surface area contributed by atoms with Crippen molar-refractivity contribution < 1.29 is 22.7 Å². The van der Waals surface area contributed by atoms with E-state index in [1.807, 2.05) is 12.1 Å². The van der Waals surface area contributed by atoms with E-state index in [0.717, 1.165) is 179 Å². The van der Waals surface area contributed by atoms with Gasteiger partial charge in [-0.05, 0) is 170 Å². The van der Waals surface area contributed by atoms with Gasteiger partial charge in [-0.25, -0.2) is 0 Å². The molecule has 7 heteroatoms. The van der Waals surface area contributed by atoms with Crippen molar-refractivity contribution in [2.45, 2.75) is 10.8 Å². The summed E-state index contributed by atoms with van der Waals surface area (Å²) in [5.41, 5.74) is 31.4. The molecule has 2 aliphatic carbocycles. The van der Waals surface area contributed by atoms with Gasteiger partial charge in [0, 0.05) is 106 Å². The molecule has 0 radical (unpaired) electrons. The van der Waals surface area contributed by atoms with Crippen molar-refractivity contribution in [3.05, 3.63) is 457 Å². The third-order valence-electron chi connectivity index (χ3n) is 24.7. The van der Waals surface area contributed by atoms with Crippen LogP contribution in [0.25, 0.3) is 121 Å². The van der Waals surface area contributed by atoms with Crippen LogP contribution in [0.2, 0.25) is 0 Å². The predicted octanol–water partition coefficient (Wildman–Crippen LogP) is 29.9. The molecule has 2 spiro atoms. The van der Waals surface area contributed by atoms with Crippen LogP contribution in [0.15, 0.2) is 426 Å². The standard InChI is InChI=1S/C55H33NO3.C55H35NO2/c1-2-15-34(16-3-1)56(35-29-30-38-37-18-6-11-25-47(37)57-51(38)33-35)46-24-10-5-17-36(46)39-20-14-28-50-52(39)41-31-32-45-53(54(41)59-50)40-19-4-7-21-42(40)55(45)43-22-8-12-26-48(43)58-49-27-13-9-23-44(49)55;1-3-15-36(16-4-1)37-29-31-40(32-30-37)56(39-18-5-2-6-19-39)41-20-13-17-38(35-41)42-22-14-28-51-52(42)44-33-34-48-53(54(44)58-51)43-21-7-8-23-45(43)55(48)46-24-9-11-26-49(46)57-50-27-12-10-25-47(50)55/h1-33H;1-35H. The molecule has 0 unspecified atom stereocenters. The first-order valence-corrected chi connectivity index (χ1v) is 39.9. The Hall–Kier alpha value is -15.4. The lowest BCUT2D eigenvalue weighted by Crippen LogP contribution is -2.32. The molecule has 0 atom stereocenters. The largest absolute Gasteiger partial charge is 0.457 e. The summed E-state index contributed by atoms with van der Waals surface area (Å²) in [6, 6.07) is 147. The number of anilines is 6. The van der Waals surface area contributed by atoms with Crippen LogP contribution in [0.1, 0.15) is 44.5 Å². The molecule has 21 aromatic rings. The van der Waals surface area contributed by atoms with Gasteiger partial charge in [0.2, 0.25) is 0 Å². The highest BCUT2D eigenvalue weighted by Crippen LogP contribution is 2.66. The van der Waals surface area contributed by atoms with Crippen molar-refractivity contribution >= 4 is 99.9 Å². The molecule has 117 heavy (non-hydrogen) atoms. The minimum Gasteiger partial charge on any atom is -0.457 e. The Morgan fingerprint density at radius 2 is 0.573 bits per heavy atom. The second-order valence-electron chi connectivity index (χ2n) is 30.7. The Labute approximate surface area is 674 Å². The summed E-state index contributed by atoms with van der Waals surface area (Å²) >= 11 is 0. The summed E-state index contributed by atoms with van der Waals surface area (Å²) in [5, 5.41) is 6.60. The van der Waals surface area contributed by atoms with Crippen LogP contribution < -0.4 is 19.3 Å². The van der Waals surface area contributed by atoms with Gasteiger partial charge in [-0.3, -0.25) is 0 Å². The van der Waals surface area contributed by atoms with Gasteiger partial charge >= 0.3 is 0 Å². The fourth-order valence-corrected chi connectivity index (χ4v) is 19.9. The summed E-state index contributed by atoms with van der Waals surface area (Å²) in [7, 11) is 0. The van der Waals surface area contributed by atoms with Gasteiger partial charge in [0.15, 0.2) is 0 Å². The van der Waals surface area contributed by atoms with Gasteiger partial charge in [-0.15, -0.1) is 0 Å². The van der Waals surface area contributed by atoms with Crippen LogP contribution in [-0.4, -0.2) is 0 Å². The molecule has 0 fully saturated rings. The minimum atomic E-state index is -0.572. The third kappa shape index (κ3) is 9.81. The molecule has 0 saturated carbocycles. The van der Waals surface area contributed by atoms with E-state index in [9.17, 15) is 0 Å². The van der Waals surface area contributed by atoms with E-state index in [0.29, 0.717) is 0 Å². The van der Waals surface area contributed by atoms with Crippen LogP contribution in [-0.2, 0) is 10.8 Å². The monoisotopic (exact) mass is 1500 g/mol. The van der Waals surface area contributed by atoms with Gasteiger partial charge in [0.25, 0.3) is 0 Å². The van der Waals surface area contributed by atoms with Crippen molar-refractivity contribution in [2.24, 2.45) is 0 Å². The second-order valence-corrected chi connectivity index (χ2v) is 30.7. The summed E-state index contributed by atoms with van der Waals surface area (Å²) in [4.78, 5) is 4.67. The Morgan fingerprint density at radius 3 is 1.15 bits per heavy atom. The van der Waals surface area contributed by atoms with Crippen LogP contribution >= 0.6 is 0 Å². The van der Waals surface area contributed by atoms with Crippen molar-refractivity contribution in [1.29, 1.82) is 0 Å². The molecule has 3 aromatic heterocycles. The Morgan fingerprint density at radius 1 is 0.197 bits per heavy atom. The maximum absolute atomic E-state index is 7.11. The second kappa shape index (κ2) is 26.1. The van der Waals surface area contributed by atoms with Crippen molar-refractivity contribution in [3.8, 4) is 78.6 Å². The molecule has 5 heterocycles. The molecular formula is C110H68N2O5. The molecule has 4 aliphatic rings. The van der Waals surface area contributed by atoms with Gasteiger partial charge in [-0.1, -0.05) is 297 Å². The molecule has 0 N–H and O–H groups in total. The van der Waals surface area contributed by atoms with Crippen LogP contribution in [0.4, 0.5) is 34.1 Å². The number of nitrogens with zero attached hydrogens (tertiary/aromatic N) is 2. The topological polar surface area (TPSA) is 64.4 Å². The fourth-order valence-electron chi connectivity index (χ4n) is 19.9. The summed E-state index contributed by atoms with van der Waals surface area (Å²) in [5.74, 6) is 3.51. The first kappa shape index (κ1) is 66.2. The van der Waals surface area contributed by atoms with E-state index in [1.165, 1.54) is 44.5 Å². The minimum absolute atomic E-state index is 0.554. The Balaban J connectivity index is 0.000000134. The lowest BCUT2D eigenvalue weighted by Gasteiger charge is -2.39. The lowest BCUT2D eigenvalue weighted by atomic mass is 9.66. The van der Waals surface area contributed by atoms with Gasteiger partial charge in [0.1, 0.15) is 56.5 Å². The average Bonchev–Trinajstić information content (AvgIpc) is 1.52. The summed E-state index contributed by atoms with van der Waals surface area (Å²) in [6.45, 7) is 0. The first-order chi connectivity index (χ1) is 58.0. The molecule has 0 amide bonds. The molecule has 0 saturated heterocycles. The summed E-state index contributed by atoms with van der Waals surface area (Å²) < 4.78 is 33.7. The number of rotatable bonds is 9. The van der Waals surface area contributed by atoms with E-state index >= 15 is 0 Å². The highest BCUT2D eigenvalue weighted by Gasteiger charge is 2.54. The number of hydrogen-bond donors (Lipinski definition) is 0. The molecule has 7 nitrogen and oxygen atoms in total. The lowest BCUT2D eigenvalue weighted by molar-refractivity contribution is 0.436. The van der Waals surface area contributed by atoms with Crippen molar-refractivity contribution in [3.63, 3.8) is 0 Å². The number of fused-ring (bicyclic) bond motifs is 29. The van der Waals surface area contributed by atoms with E-state index < -0.39 is 10.8 Å². The molecule has 2 aliphatic heterocycles. The maximum Gasteiger partial charge on any atom is 0.143 e. The summed E-state index contributed by atoms with van der Waals surface area (Å²) in [6.07, 6.45) is 0. The number of furan rings is 3. The van der Waals surface area contributed by atoms with Crippen LogP contribution in [0.5, 0.6) is 23.0 Å². The van der Waals surface area contributed by atoms with E-state index in [-0.39, 0.29) is 0 Å². The fraction of sp³-hybridized carbons (Fsp3) is 0.0182. The highest BCUT2D eigenvalue weighted by atomic mass is 16.5. The molecule has 0 bridgehead atoms. The van der Waals surface area contributed by atoms with E-state index in [2.05, 4.69) is 410 Å². The quantitative estimate of drug-likeness (QED) is 0.143. The van der Waals surface area contributed by atoms with Gasteiger partial charge in [-0.2, -0.15) is 0 Å². The van der Waals surface area contributed by atoms with Gasteiger partial charge < -0.3 is 32.5 Å². The molecule has 18 aromatic carbocycles. The van der Waals surface area contributed by atoms with Crippen molar-refractivity contribution in [1.82, 2.24) is 0 Å². The predicted molar refractivity (Wildman–Crippen MR) is 475 cm³/mol. The van der Waals surface area contributed by atoms with Crippen LogP contribution in [0, 0.1) is 0 Å². The highest BCUT2D eigenvalue weighted by molar-refractivity contribution is 6.20. The normalized spacial score (nSPS) is 13.2. The van der Waals surface area contributed by atoms with Crippen molar-refractivity contribution in [2.75, 3.05) is 9.80 Å². The number of hydrogen-bond acceptors (Lipinski definition) is 7. The molecule has 548 valence electrons. The van der Waals surface area contributed by atoms with Gasteiger partial charge in [0.05, 0.1) is 16.5 Å². The van der Waals surface area contributed by atoms with Crippen LogP contribution in [0.3, 0.4) is 0 Å². The zero-order valence-corrected chi connectivity index (χ0v) is 63.2. The zero-order valence-electron chi connectivity index (χ0n) is 63.2. The molecular weight excluding hydrogens is 1430 g/mol. The Kier molecular flexibility index (Phi) is 14.7. The SMILES string of the molecule is c1ccc(-c2ccc(N(c3ccccc3)c3cccc(-c4cccc5oc6c7c(ccc6c45)C4(c5ccccc5Oc5ccccc54)c4ccccc4-7)c3)cc2)cc1.c1ccc(N(c2ccc3c(c2)oc2ccccc23)c2ccccc2-c2cccc3oc4c5c(ccc4c23)C2(c3ccccc3Oc3ccccc32)c2ccccc2-5)cc1. The number of benzene rings is 18. The number of ether oxygens (including phenoxy) is 2.